The number of aromatic amines is 1. The summed E-state index contributed by atoms with van der Waals surface area (Å²) in [4.78, 5) is 24.6. The van der Waals surface area contributed by atoms with E-state index in [0.29, 0.717) is 17.7 Å². The Morgan fingerprint density at radius 1 is 1.50 bits per heavy atom. The van der Waals surface area contributed by atoms with Crippen molar-refractivity contribution >= 4 is 11.9 Å². The highest BCUT2D eigenvalue weighted by Gasteiger charge is 2.29. The maximum Gasteiger partial charge on any atom is 0.326 e. The van der Waals surface area contributed by atoms with E-state index in [-0.39, 0.29) is 11.8 Å². The Kier molecular flexibility index (Phi) is 4.47. The van der Waals surface area contributed by atoms with E-state index in [0.717, 1.165) is 0 Å². The van der Waals surface area contributed by atoms with Crippen molar-refractivity contribution in [3.63, 3.8) is 0 Å². The number of rotatable bonds is 5. The summed E-state index contributed by atoms with van der Waals surface area (Å²) in [5, 5.41) is 15.6. The number of nitrogens with one attached hydrogen (secondary N) is 1. The molecule has 1 heterocycles. The number of carboxylic acid groups (broad SMARTS) is 1. The third-order valence-corrected chi connectivity index (χ3v) is 2.83. The van der Waals surface area contributed by atoms with Gasteiger partial charge in [0, 0.05) is 12.7 Å². The molecule has 1 atom stereocenters. The van der Waals surface area contributed by atoms with Crippen LogP contribution in [0.2, 0.25) is 0 Å². The molecule has 0 radical (unpaired) electrons. The van der Waals surface area contributed by atoms with E-state index < -0.39 is 12.0 Å². The van der Waals surface area contributed by atoms with Crippen molar-refractivity contribution in [3.05, 3.63) is 17.5 Å². The standard InChI is InChI=1S/C12H19N3O3/c1-7(2)5-10(12(17)18)15(4)11(16)9-6-13-14-8(9)3/h6-7,10H,5H2,1-4H3,(H,13,14)(H,17,18). The van der Waals surface area contributed by atoms with Crippen molar-refractivity contribution in [2.45, 2.75) is 33.2 Å². The van der Waals surface area contributed by atoms with Gasteiger partial charge < -0.3 is 10.0 Å². The van der Waals surface area contributed by atoms with E-state index in [4.69, 9.17) is 0 Å². The molecule has 18 heavy (non-hydrogen) atoms. The number of aromatic nitrogens is 2. The maximum atomic E-state index is 12.2. The van der Waals surface area contributed by atoms with Gasteiger partial charge >= 0.3 is 5.97 Å². The predicted molar refractivity (Wildman–Crippen MR) is 66.3 cm³/mol. The summed E-state index contributed by atoms with van der Waals surface area (Å²) >= 11 is 0. The van der Waals surface area contributed by atoms with Gasteiger partial charge in [0.25, 0.3) is 5.91 Å². The SMILES string of the molecule is Cc1[nH]ncc1C(=O)N(C)C(CC(C)C)C(=O)O. The Morgan fingerprint density at radius 2 is 2.11 bits per heavy atom. The molecule has 0 saturated carbocycles. The quantitative estimate of drug-likeness (QED) is 0.827. The van der Waals surface area contributed by atoms with Gasteiger partial charge in [-0.05, 0) is 19.3 Å². The molecule has 0 fully saturated rings. The van der Waals surface area contributed by atoms with E-state index in [9.17, 15) is 14.7 Å². The Labute approximate surface area is 106 Å². The highest BCUT2D eigenvalue weighted by Crippen LogP contribution is 2.15. The second-order valence-corrected chi connectivity index (χ2v) is 4.81. The number of amides is 1. The summed E-state index contributed by atoms with van der Waals surface area (Å²) in [6.07, 6.45) is 1.84. The first kappa shape index (κ1) is 14.2. The van der Waals surface area contributed by atoms with Crippen LogP contribution in [-0.4, -0.2) is 45.2 Å². The molecule has 1 amide bonds. The van der Waals surface area contributed by atoms with Gasteiger partial charge in [0.2, 0.25) is 0 Å². The fourth-order valence-corrected chi connectivity index (χ4v) is 1.77. The van der Waals surface area contributed by atoms with Gasteiger partial charge in [-0.2, -0.15) is 5.10 Å². The van der Waals surface area contributed by atoms with E-state index in [1.54, 1.807) is 6.92 Å². The van der Waals surface area contributed by atoms with Crippen LogP contribution in [0.1, 0.15) is 36.3 Å². The van der Waals surface area contributed by atoms with Crippen LogP contribution in [0.5, 0.6) is 0 Å². The van der Waals surface area contributed by atoms with E-state index >= 15 is 0 Å². The lowest BCUT2D eigenvalue weighted by atomic mass is 10.0. The van der Waals surface area contributed by atoms with E-state index in [2.05, 4.69) is 10.2 Å². The van der Waals surface area contributed by atoms with Gasteiger partial charge in [-0.3, -0.25) is 9.89 Å². The molecular formula is C12H19N3O3. The molecular weight excluding hydrogens is 234 g/mol. The second kappa shape index (κ2) is 5.66. The number of carbonyl (C=O) groups excluding carboxylic acids is 1. The van der Waals surface area contributed by atoms with Crippen LogP contribution >= 0.6 is 0 Å². The first-order valence-electron chi connectivity index (χ1n) is 5.84. The van der Waals surface area contributed by atoms with Crippen LogP contribution in [0, 0.1) is 12.8 Å². The van der Waals surface area contributed by atoms with E-state index in [1.807, 2.05) is 13.8 Å². The molecule has 0 bridgehead atoms. The molecule has 100 valence electrons. The molecule has 0 spiro atoms. The molecule has 0 aromatic carbocycles. The Balaban J connectivity index is 2.90. The van der Waals surface area contributed by atoms with Crippen LogP contribution in [0.15, 0.2) is 6.20 Å². The van der Waals surface area contributed by atoms with Gasteiger partial charge in [0.05, 0.1) is 11.8 Å². The average Bonchev–Trinajstić information content (AvgIpc) is 2.69. The maximum absolute atomic E-state index is 12.2. The summed E-state index contributed by atoms with van der Waals surface area (Å²) in [6.45, 7) is 5.58. The predicted octanol–water partition coefficient (Wildman–Crippen LogP) is 1.29. The Bertz CT molecular complexity index is 440. The molecule has 0 aliphatic carbocycles. The normalized spacial score (nSPS) is 12.5. The number of carbonyl (C=O) groups is 2. The highest BCUT2D eigenvalue weighted by atomic mass is 16.4. The molecule has 1 aromatic rings. The second-order valence-electron chi connectivity index (χ2n) is 4.81. The monoisotopic (exact) mass is 253 g/mol. The summed E-state index contributed by atoms with van der Waals surface area (Å²) in [7, 11) is 1.51. The zero-order chi connectivity index (χ0) is 13.9. The lowest BCUT2D eigenvalue weighted by Crippen LogP contribution is -2.43. The highest BCUT2D eigenvalue weighted by molar-refractivity contribution is 5.97. The van der Waals surface area contributed by atoms with Crippen LogP contribution in [0.3, 0.4) is 0 Å². The third-order valence-electron chi connectivity index (χ3n) is 2.83. The van der Waals surface area contributed by atoms with Gasteiger partial charge in [-0.1, -0.05) is 13.8 Å². The zero-order valence-electron chi connectivity index (χ0n) is 11.1. The Morgan fingerprint density at radius 3 is 2.50 bits per heavy atom. The number of aryl methyl sites for hydroxylation is 1. The van der Waals surface area contributed by atoms with Crippen LogP contribution in [0.4, 0.5) is 0 Å². The molecule has 1 aromatic heterocycles. The average molecular weight is 253 g/mol. The van der Waals surface area contributed by atoms with Crippen molar-refractivity contribution in [1.29, 1.82) is 0 Å². The van der Waals surface area contributed by atoms with Crippen molar-refractivity contribution in [1.82, 2.24) is 15.1 Å². The van der Waals surface area contributed by atoms with Crippen molar-refractivity contribution in [2.24, 2.45) is 5.92 Å². The van der Waals surface area contributed by atoms with Gasteiger partial charge in [-0.25, -0.2) is 4.79 Å². The van der Waals surface area contributed by atoms with Crippen molar-refractivity contribution in [2.75, 3.05) is 7.05 Å². The minimum atomic E-state index is -0.985. The van der Waals surface area contributed by atoms with Gasteiger partial charge in [0.15, 0.2) is 0 Å². The smallest absolute Gasteiger partial charge is 0.326 e. The fraction of sp³-hybridized carbons (Fsp3) is 0.583. The number of hydrogen-bond donors (Lipinski definition) is 2. The van der Waals surface area contributed by atoms with Gasteiger partial charge in [-0.15, -0.1) is 0 Å². The topological polar surface area (TPSA) is 86.3 Å². The number of hydrogen-bond acceptors (Lipinski definition) is 3. The number of nitrogens with zero attached hydrogens (tertiary/aromatic N) is 2. The first-order chi connectivity index (χ1) is 8.34. The summed E-state index contributed by atoms with van der Waals surface area (Å²) < 4.78 is 0. The van der Waals surface area contributed by atoms with Crippen LogP contribution < -0.4 is 0 Å². The lowest BCUT2D eigenvalue weighted by Gasteiger charge is -2.26. The molecule has 1 rings (SSSR count). The molecule has 1 unspecified atom stereocenters. The number of likely N-dealkylation sites (N-methyl/N-ethyl adjacent to an activating group) is 1. The molecule has 0 saturated heterocycles. The Hall–Kier alpha value is -1.85. The molecule has 0 aliphatic rings. The summed E-state index contributed by atoms with van der Waals surface area (Å²) in [6, 6.07) is -0.813. The van der Waals surface area contributed by atoms with Gasteiger partial charge in [0.1, 0.15) is 6.04 Å². The number of carboxylic acids is 1. The molecule has 2 N–H and O–H groups in total. The van der Waals surface area contributed by atoms with Crippen molar-refractivity contribution in [3.8, 4) is 0 Å². The lowest BCUT2D eigenvalue weighted by molar-refractivity contribution is -0.142. The third kappa shape index (κ3) is 3.09. The molecule has 0 aliphatic heterocycles. The largest absolute Gasteiger partial charge is 0.480 e. The summed E-state index contributed by atoms with van der Waals surface area (Å²) in [5.41, 5.74) is 1.05. The summed E-state index contributed by atoms with van der Waals surface area (Å²) in [5.74, 6) is -1.11. The van der Waals surface area contributed by atoms with E-state index in [1.165, 1.54) is 18.1 Å². The fourth-order valence-electron chi connectivity index (χ4n) is 1.77. The zero-order valence-corrected chi connectivity index (χ0v) is 11.1. The minimum Gasteiger partial charge on any atom is -0.480 e. The number of H-pyrrole nitrogens is 1. The minimum absolute atomic E-state index is 0.201. The van der Waals surface area contributed by atoms with Crippen LogP contribution in [0.25, 0.3) is 0 Å². The van der Waals surface area contributed by atoms with Crippen molar-refractivity contribution < 1.29 is 14.7 Å². The first-order valence-corrected chi connectivity index (χ1v) is 5.84. The molecule has 6 nitrogen and oxygen atoms in total. The molecule has 6 heteroatoms. The number of aliphatic carboxylic acids is 1. The van der Waals surface area contributed by atoms with Crippen LogP contribution in [-0.2, 0) is 4.79 Å².